The first-order valence-electron chi connectivity index (χ1n) is 5.54. The summed E-state index contributed by atoms with van der Waals surface area (Å²) in [5.74, 6) is -1.26. The van der Waals surface area contributed by atoms with Gasteiger partial charge < -0.3 is 5.11 Å². The standard InChI is InChI=1S/C12H11BrFNO3S/c13-8-1-2-10(14)9(5-8)11(16)12(6-15)3-4-19(17,18)7-12/h1-2,5,11,16H,3-4,7H2. The maximum absolute atomic E-state index is 13.7. The van der Waals surface area contributed by atoms with E-state index in [9.17, 15) is 23.2 Å². The Labute approximate surface area is 118 Å². The highest BCUT2D eigenvalue weighted by Gasteiger charge is 2.49. The molecule has 1 N–H and O–H groups in total. The molecule has 1 saturated heterocycles. The molecule has 1 fully saturated rings. The highest BCUT2D eigenvalue weighted by Crippen LogP contribution is 2.43. The molecule has 102 valence electrons. The van der Waals surface area contributed by atoms with Crippen LogP contribution in [0.25, 0.3) is 0 Å². The quantitative estimate of drug-likeness (QED) is 0.886. The first-order valence-corrected chi connectivity index (χ1v) is 8.16. The number of aliphatic hydroxyl groups is 1. The van der Waals surface area contributed by atoms with Gasteiger partial charge in [-0.15, -0.1) is 0 Å². The second-order valence-corrected chi connectivity index (χ2v) is 7.78. The van der Waals surface area contributed by atoms with Gasteiger partial charge in [-0.25, -0.2) is 12.8 Å². The van der Waals surface area contributed by atoms with Crippen molar-refractivity contribution < 1.29 is 17.9 Å². The molecule has 4 nitrogen and oxygen atoms in total. The molecule has 2 atom stereocenters. The molecule has 0 bridgehead atoms. The number of nitriles is 1. The van der Waals surface area contributed by atoms with Gasteiger partial charge in [-0.2, -0.15) is 5.26 Å². The average Bonchev–Trinajstić information content (AvgIpc) is 2.68. The number of halogens is 2. The summed E-state index contributed by atoms with van der Waals surface area (Å²) in [6, 6.07) is 5.86. The van der Waals surface area contributed by atoms with E-state index in [2.05, 4.69) is 15.9 Å². The van der Waals surface area contributed by atoms with Crippen molar-refractivity contribution >= 4 is 25.8 Å². The summed E-state index contributed by atoms with van der Waals surface area (Å²) >= 11 is 3.16. The highest BCUT2D eigenvalue weighted by molar-refractivity contribution is 9.10. The minimum atomic E-state index is -3.36. The van der Waals surface area contributed by atoms with Crippen LogP contribution in [0, 0.1) is 22.6 Å². The van der Waals surface area contributed by atoms with Gasteiger partial charge in [0.25, 0.3) is 0 Å². The van der Waals surface area contributed by atoms with E-state index in [1.807, 2.05) is 6.07 Å². The lowest BCUT2D eigenvalue weighted by Crippen LogP contribution is -2.29. The number of hydrogen-bond acceptors (Lipinski definition) is 4. The molecule has 0 saturated carbocycles. The van der Waals surface area contributed by atoms with Crippen molar-refractivity contribution in [1.29, 1.82) is 5.26 Å². The monoisotopic (exact) mass is 347 g/mol. The van der Waals surface area contributed by atoms with Crippen molar-refractivity contribution in [2.24, 2.45) is 5.41 Å². The van der Waals surface area contributed by atoms with Crippen molar-refractivity contribution in [1.82, 2.24) is 0 Å². The highest BCUT2D eigenvalue weighted by atomic mass is 79.9. The van der Waals surface area contributed by atoms with Crippen LogP contribution in [0.4, 0.5) is 4.39 Å². The summed E-state index contributed by atoms with van der Waals surface area (Å²) in [5.41, 5.74) is -1.53. The topological polar surface area (TPSA) is 78.2 Å². The number of aliphatic hydroxyl groups excluding tert-OH is 1. The van der Waals surface area contributed by atoms with Crippen LogP contribution in [0.2, 0.25) is 0 Å². The van der Waals surface area contributed by atoms with Crippen LogP contribution >= 0.6 is 15.9 Å². The molecule has 0 spiro atoms. The molecule has 1 aromatic carbocycles. The lowest BCUT2D eigenvalue weighted by molar-refractivity contribution is 0.0759. The molecule has 7 heteroatoms. The van der Waals surface area contributed by atoms with Crippen molar-refractivity contribution in [3.63, 3.8) is 0 Å². The second kappa shape index (κ2) is 4.85. The van der Waals surface area contributed by atoms with Gasteiger partial charge in [0, 0.05) is 10.0 Å². The lowest BCUT2D eigenvalue weighted by Gasteiger charge is -2.26. The maximum Gasteiger partial charge on any atom is 0.152 e. The fourth-order valence-corrected chi connectivity index (χ4v) is 4.61. The Morgan fingerprint density at radius 3 is 2.74 bits per heavy atom. The number of sulfone groups is 1. The largest absolute Gasteiger partial charge is 0.387 e. The van der Waals surface area contributed by atoms with Crippen LogP contribution in [-0.2, 0) is 9.84 Å². The molecule has 1 aliphatic heterocycles. The predicted molar refractivity (Wildman–Crippen MR) is 70.4 cm³/mol. The van der Waals surface area contributed by atoms with Gasteiger partial charge in [0.15, 0.2) is 9.84 Å². The molecule has 19 heavy (non-hydrogen) atoms. The van der Waals surface area contributed by atoms with Gasteiger partial charge in [0.05, 0.1) is 17.6 Å². The SMILES string of the molecule is N#CC1(C(O)c2cc(Br)ccc2F)CCS(=O)(=O)C1. The third kappa shape index (κ3) is 2.66. The first kappa shape index (κ1) is 14.4. The number of benzene rings is 1. The van der Waals surface area contributed by atoms with E-state index < -0.39 is 32.9 Å². The third-order valence-electron chi connectivity index (χ3n) is 3.34. The van der Waals surface area contributed by atoms with Crippen molar-refractivity contribution in [2.75, 3.05) is 11.5 Å². The van der Waals surface area contributed by atoms with Crippen LogP contribution in [0.15, 0.2) is 22.7 Å². The van der Waals surface area contributed by atoms with Gasteiger partial charge in [-0.1, -0.05) is 15.9 Å². The fraction of sp³-hybridized carbons (Fsp3) is 0.417. The van der Waals surface area contributed by atoms with Crippen molar-refractivity contribution in [2.45, 2.75) is 12.5 Å². The van der Waals surface area contributed by atoms with Crippen LogP contribution in [-0.4, -0.2) is 25.0 Å². The molecule has 2 rings (SSSR count). The molecule has 1 aromatic rings. The number of nitrogens with zero attached hydrogens (tertiary/aromatic N) is 1. The van der Waals surface area contributed by atoms with E-state index in [0.29, 0.717) is 4.47 Å². The van der Waals surface area contributed by atoms with E-state index in [-0.39, 0.29) is 17.7 Å². The van der Waals surface area contributed by atoms with Crippen LogP contribution in [0.1, 0.15) is 18.1 Å². The fourth-order valence-electron chi connectivity index (χ4n) is 2.26. The Morgan fingerprint density at radius 2 is 2.21 bits per heavy atom. The zero-order chi connectivity index (χ0) is 14.3. The number of hydrogen-bond donors (Lipinski definition) is 1. The average molecular weight is 348 g/mol. The minimum absolute atomic E-state index is 0.0129. The minimum Gasteiger partial charge on any atom is -0.387 e. The zero-order valence-corrected chi connectivity index (χ0v) is 12.2. The third-order valence-corrected chi connectivity index (χ3v) is 5.61. The van der Waals surface area contributed by atoms with Gasteiger partial charge in [0.2, 0.25) is 0 Å². The van der Waals surface area contributed by atoms with E-state index in [4.69, 9.17) is 0 Å². The zero-order valence-electron chi connectivity index (χ0n) is 9.81. The van der Waals surface area contributed by atoms with Gasteiger partial charge in [-0.05, 0) is 24.6 Å². The first-order chi connectivity index (χ1) is 8.80. The van der Waals surface area contributed by atoms with Crippen LogP contribution < -0.4 is 0 Å². The smallest absolute Gasteiger partial charge is 0.152 e. The lowest BCUT2D eigenvalue weighted by atomic mass is 9.80. The summed E-state index contributed by atoms with van der Waals surface area (Å²) < 4.78 is 37.3. The van der Waals surface area contributed by atoms with E-state index in [1.165, 1.54) is 12.1 Å². The Morgan fingerprint density at radius 1 is 1.53 bits per heavy atom. The van der Waals surface area contributed by atoms with Gasteiger partial charge in [-0.3, -0.25) is 0 Å². The Kier molecular flexibility index (Phi) is 3.69. The van der Waals surface area contributed by atoms with Crippen LogP contribution in [0.5, 0.6) is 0 Å². The van der Waals surface area contributed by atoms with Crippen molar-refractivity contribution in [3.8, 4) is 6.07 Å². The summed E-state index contributed by atoms with van der Waals surface area (Å²) in [7, 11) is -3.36. The maximum atomic E-state index is 13.7. The summed E-state index contributed by atoms with van der Waals surface area (Å²) in [4.78, 5) is 0. The van der Waals surface area contributed by atoms with Crippen molar-refractivity contribution in [3.05, 3.63) is 34.1 Å². The Hall–Kier alpha value is -0.970. The predicted octanol–water partition coefficient (Wildman–Crippen LogP) is 1.95. The van der Waals surface area contributed by atoms with E-state index >= 15 is 0 Å². The van der Waals surface area contributed by atoms with E-state index in [1.54, 1.807) is 0 Å². The van der Waals surface area contributed by atoms with Gasteiger partial charge >= 0.3 is 0 Å². The molecule has 0 aliphatic carbocycles. The summed E-state index contributed by atoms with van der Waals surface area (Å²) in [5, 5.41) is 19.5. The van der Waals surface area contributed by atoms with Gasteiger partial charge in [0.1, 0.15) is 17.3 Å². The molecule has 2 unspecified atom stereocenters. The Balaban J connectivity index is 2.46. The second-order valence-electron chi connectivity index (χ2n) is 4.68. The normalized spacial score (nSPS) is 26.8. The molecule has 0 amide bonds. The van der Waals surface area contributed by atoms with Crippen LogP contribution in [0.3, 0.4) is 0 Å². The molecule has 0 radical (unpaired) electrons. The van der Waals surface area contributed by atoms with E-state index in [0.717, 1.165) is 6.07 Å². The molecule has 0 aromatic heterocycles. The number of rotatable bonds is 2. The molecular formula is C12H11BrFNO3S. The molecule has 1 heterocycles. The summed E-state index contributed by atoms with van der Waals surface area (Å²) in [6.45, 7) is 0. The molecular weight excluding hydrogens is 337 g/mol. The Bertz CT molecular complexity index is 655. The molecule has 1 aliphatic rings. The summed E-state index contributed by atoms with van der Waals surface area (Å²) in [6.07, 6.45) is -1.45.